The van der Waals surface area contributed by atoms with Crippen molar-refractivity contribution in [3.8, 4) is 0 Å². The predicted molar refractivity (Wildman–Crippen MR) is 50.2 cm³/mol. The summed E-state index contributed by atoms with van der Waals surface area (Å²) in [5.74, 6) is 4.52. The standard InChI is InChI=1S/C7H14N6O/c1-12(2)3-4-13-5-6(10-11-13)7(14)9-8/h5H,3-4,8H2,1-2H3,(H,9,14). The third kappa shape index (κ3) is 2.79. The highest BCUT2D eigenvalue weighted by Crippen LogP contribution is 1.92. The summed E-state index contributed by atoms with van der Waals surface area (Å²) < 4.78 is 1.60. The zero-order valence-electron chi connectivity index (χ0n) is 8.27. The fraction of sp³-hybridized carbons (Fsp3) is 0.571. The highest BCUT2D eigenvalue weighted by molar-refractivity contribution is 5.91. The predicted octanol–water partition coefficient (Wildman–Crippen LogP) is -1.56. The first-order valence-corrected chi connectivity index (χ1v) is 4.19. The summed E-state index contributed by atoms with van der Waals surface area (Å²) in [6.07, 6.45) is 1.56. The van der Waals surface area contributed by atoms with Gasteiger partial charge in [-0.2, -0.15) is 0 Å². The lowest BCUT2D eigenvalue weighted by Crippen LogP contribution is -2.30. The molecule has 0 saturated heterocycles. The van der Waals surface area contributed by atoms with Crippen molar-refractivity contribution in [2.75, 3.05) is 20.6 Å². The van der Waals surface area contributed by atoms with Crippen LogP contribution in [0.4, 0.5) is 0 Å². The van der Waals surface area contributed by atoms with Crippen molar-refractivity contribution in [3.63, 3.8) is 0 Å². The topological polar surface area (TPSA) is 89.1 Å². The largest absolute Gasteiger partial charge is 0.308 e. The molecule has 0 aliphatic heterocycles. The third-order valence-corrected chi connectivity index (χ3v) is 1.68. The Morgan fingerprint density at radius 3 is 3.00 bits per heavy atom. The molecule has 0 radical (unpaired) electrons. The Bertz CT molecular complexity index is 307. The van der Waals surface area contributed by atoms with Crippen molar-refractivity contribution < 1.29 is 4.79 Å². The van der Waals surface area contributed by atoms with Crippen molar-refractivity contribution in [1.29, 1.82) is 0 Å². The van der Waals surface area contributed by atoms with Crippen LogP contribution in [0.2, 0.25) is 0 Å². The van der Waals surface area contributed by atoms with E-state index < -0.39 is 5.91 Å². The first kappa shape index (κ1) is 10.6. The lowest BCUT2D eigenvalue weighted by atomic mass is 10.4. The van der Waals surface area contributed by atoms with E-state index in [1.165, 1.54) is 0 Å². The Kier molecular flexibility index (Phi) is 3.55. The van der Waals surface area contributed by atoms with Crippen LogP contribution in [0.3, 0.4) is 0 Å². The van der Waals surface area contributed by atoms with Gasteiger partial charge in [0.05, 0.1) is 12.7 Å². The molecule has 3 N–H and O–H groups in total. The average Bonchev–Trinajstić information content (AvgIpc) is 2.62. The van der Waals surface area contributed by atoms with Crippen molar-refractivity contribution >= 4 is 5.91 Å². The quantitative estimate of drug-likeness (QED) is 0.347. The molecule has 7 heteroatoms. The number of nitrogen functional groups attached to an aromatic ring is 1. The Hall–Kier alpha value is -1.47. The second-order valence-electron chi connectivity index (χ2n) is 3.14. The van der Waals surface area contributed by atoms with Crippen LogP contribution in [0.25, 0.3) is 0 Å². The van der Waals surface area contributed by atoms with Crippen LogP contribution in [0.1, 0.15) is 10.5 Å². The molecular weight excluding hydrogens is 184 g/mol. The summed E-state index contributed by atoms with van der Waals surface area (Å²) in [5.41, 5.74) is 2.22. The average molecular weight is 198 g/mol. The van der Waals surface area contributed by atoms with E-state index in [0.717, 1.165) is 6.54 Å². The Morgan fingerprint density at radius 2 is 2.43 bits per heavy atom. The summed E-state index contributed by atoms with van der Waals surface area (Å²) in [5, 5.41) is 7.45. The minimum absolute atomic E-state index is 0.228. The van der Waals surface area contributed by atoms with Gasteiger partial charge in [-0.1, -0.05) is 5.21 Å². The molecule has 78 valence electrons. The van der Waals surface area contributed by atoms with Crippen molar-refractivity contribution in [3.05, 3.63) is 11.9 Å². The van der Waals surface area contributed by atoms with Gasteiger partial charge in [0.25, 0.3) is 5.91 Å². The van der Waals surface area contributed by atoms with E-state index >= 15 is 0 Å². The Balaban J connectivity index is 2.55. The number of rotatable bonds is 4. The van der Waals surface area contributed by atoms with Crippen LogP contribution < -0.4 is 11.3 Å². The van der Waals surface area contributed by atoms with Crippen molar-refractivity contribution in [2.24, 2.45) is 5.84 Å². The van der Waals surface area contributed by atoms with Gasteiger partial charge in [-0.05, 0) is 14.1 Å². The van der Waals surface area contributed by atoms with E-state index in [9.17, 15) is 4.79 Å². The number of likely N-dealkylation sites (N-methyl/N-ethyl adjacent to an activating group) is 1. The van der Waals surface area contributed by atoms with E-state index in [-0.39, 0.29) is 5.69 Å². The summed E-state index contributed by atoms with van der Waals surface area (Å²) in [7, 11) is 3.93. The lowest BCUT2D eigenvalue weighted by Gasteiger charge is -2.07. The first-order valence-electron chi connectivity index (χ1n) is 4.19. The molecule has 1 amide bonds. The highest BCUT2D eigenvalue weighted by atomic mass is 16.2. The molecule has 0 atom stereocenters. The van der Waals surface area contributed by atoms with Crippen LogP contribution in [0, 0.1) is 0 Å². The third-order valence-electron chi connectivity index (χ3n) is 1.68. The fourth-order valence-corrected chi connectivity index (χ4v) is 0.888. The first-order chi connectivity index (χ1) is 6.63. The van der Waals surface area contributed by atoms with Crippen molar-refractivity contribution in [1.82, 2.24) is 25.3 Å². The molecule has 7 nitrogen and oxygen atoms in total. The number of nitrogens with two attached hydrogens (primary N) is 1. The smallest absolute Gasteiger partial charge is 0.287 e. The number of carbonyl (C=O) groups excluding carboxylic acids is 1. The van der Waals surface area contributed by atoms with Gasteiger partial charge in [0, 0.05) is 6.54 Å². The van der Waals surface area contributed by atoms with E-state index in [0.29, 0.717) is 6.54 Å². The van der Waals surface area contributed by atoms with Crippen LogP contribution in [-0.2, 0) is 6.54 Å². The molecule has 0 saturated carbocycles. The van der Waals surface area contributed by atoms with Gasteiger partial charge in [-0.15, -0.1) is 5.10 Å². The highest BCUT2D eigenvalue weighted by Gasteiger charge is 2.08. The molecule has 0 aromatic carbocycles. The van der Waals surface area contributed by atoms with E-state index in [1.807, 2.05) is 24.4 Å². The zero-order chi connectivity index (χ0) is 10.6. The molecule has 0 fully saturated rings. The monoisotopic (exact) mass is 198 g/mol. The number of amides is 1. The molecule has 1 heterocycles. The fourth-order valence-electron chi connectivity index (χ4n) is 0.888. The number of hydrazine groups is 1. The molecule has 0 aliphatic carbocycles. The van der Waals surface area contributed by atoms with E-state index in [4.69, 9.17) is 5.84 Å². The molecule has 0 aliphatic rings. The molecule has 0 unspecified atom stereocenters. The summed E-state index contributed by atoms with van der Waals surface area (Å²) in [6.45, 7) is 1.53. The Morgan fingerprint density at radius 1 is 1.71 bits per heavy atom. The van der Waals surface area contributed by atoms with Crippen LogP contribution >= 0.6 is 0 Å². The SMILES string of the molecule is CN(C)CCn1cc(C(=O)NN)nn1. The van der Waals surface area contributed by atoms with Gasteiger partial charge in [-0.25, -0.2) is 5.84 Å². The number of aromatic nitrogens is 3. The normalized spacial score (nSPS) is 10.6. The van der Waals surface area contributed by atoms with Gasteiger partial charge in [-0.3, -0.25) is 14.9 Å². The van der Waals surface area contributed by atoms with Gasteiger partial charge < -0.3 is 4.90 Å². The van der Waals surface area contributed by atoms with Gasteiger partial charge >= 0.3 is 0 Å². The molecule has 14 heavy (non-hydrogen) atoms. The maximum Gasteiger partial charge on any atom is 0.287 e. The minimum Gasteiger partial charge on any atom is -0.308 e. The molecule has 0 bridgehead atoms. The number of carbonyl (C=O) groups is 1. The maximum absolute atomic E-state index is 11.0. The molecule has 1 aromatic rings. The molecular formula is C7H14N6O. The summed E-state index contributed by atoms with van der Waals surface area (Å²) >= 11 is 0. The molecule has 1 aromatic heterocycles. The van der Waals surface area contributed by atoms with Gasteiger partial charge in [0.1, 0.15) is 0 Å². The second-order valence-corrected chi connectivity index (χ2v) is 3.14. The maximum atomic E-state index is 11.0. The van der Waals surface area contributed by atoms with Crippen LogP contribution in [-0.4, -0.2) is 46.4 Å². The number of nitrogens with one attached hydrogen (secondary N) is 1. The lowest BCUT2D eigenvalue weighted by molar-refractivity contribution is 0.0948. The van der Waals surface area contributed by atoms with Crippen molar-refractivity contribution in [2.45, 2.75) is 6.54 Å². The minimum atomic E-state index is -0.430. The van der Waals surface area contributed by atoms with E-state index in [2.05, 4.69) is 10.3 Å². The second kappa shape index (κ2) is 4.68. The number of hydrogen-bond donors (Lipinski definition) is 2. The molecule has 0 spiro atoms. The summed E-state index contributed by atoms with van der Waals surface area (Å²) in [4.78, 5) is 13.0. The zero-order valence-corrected chi connectivity index (χ0v) is 8.27. The number of nitrogens with zero attached hydrogens (tertiary/aromatic N) is 4. The van der Waals surface area contributed by atoms with E-state index in [1.54, 1.807) is 10.9 Å². The van der Waals surface area contributed by atoms with Gasteiger partial charge in [0.15, 0.2) is 5.69 Å². The molecule has 1 rings (SSSR count). The van der Waals surface area contributed by atoms with Crippen LogP contribution in [0.5, 0.6) is 0 Å². The number of hydrogen-bond acceptors (Lipinski definition) is 5. The summed E-state index contributed by atoms with van der Waals surface area (Å²) in [6, 6.07) is 0. The van der Waals surface area contributed by atoms with Gasteiger partial charge in [0.2, 0.25) is 0 Å². The van der Waals surface area contributed by atoms with Crippen LogP contribution in [0.15, 0.2) is 6.20 Å². The Labute approximate surface area is 81.8 Å².